The third-order valence-electron chi connectivity index (χ3n) is 3.52. The second-order valence-corrected chi connectivity index (χ2v) is 6.63. The number of ether oxygens (including phenoxy) is 1. The van der Waals surface area contributed by atoms with E-state index in [1.54, 1.807) is 0 Å². The number of rotatable bonds is 5. The highest BCUT2D eigenvalue weighted by atomic mass is 35.5. The van der Waals surface area contributed by atoms with Gasteiger partial charge in [-0.3, -0.25) is 0 Å². The summed E-state index contributed by atoms with van der Waals surface area (Å²) in [6.07, 6.45) is 0.959. The van der Waals surface area contributed by atoms with Gasteiger partial charge in [0.05, 0.1) is 6.61 Å². The van der Waals surface area contributed by atoms with Crippen molar-refractivity contribution in [2.24, 2.45) is 11.1 Å². The molecule has 0 radical (unpaired) electrons. The molecule has 0 saturated carbocycles. The number of halogens is 1. The Morgan fingerprint density at radius 1 is 1.42 bits per heavy atom. The van der Waals surface area contributed by atoms with Gasteiger partial charge in [0, 0.05) is 30.1 Å². The van der Waals surface area contributed by atoms with E-state index in [4.69, 9.17) is 22.1 Å². The molecule has 0 unspecified atom stereocenters. The first-order chi connectivity index (χ1) is 8.91. The molecular formula is C15H23ClN2O. The Labute approximate surface area is 120 Å². The Morgan fingerprint density at radius 3 is 2.84 bits per heavy atom. The topological polar surface area (TPSA) is 38.5 Å². The van der Waals surface area contributed by atoms with Crippen LogP contribution in [0.1, 0.15) is 25.0 Å². The Balaban J connectivity index is 2.11. The van der Waals surface area contributed by atoms with Crippen molar-refractivity contribution in [3.8, 4) is 5.75 Å². The van der Waals surface area contributed by atoms with Crippen molar-refractivity contribution in [1.82, 2.24) is 4.90 Å². The first-order valence-corrected chi connectivity index (χ1v) is 7.12. The second-order valence-electron chi connectivity index (χ2n) is 6.19. The van der Waals surface area contributed by atoms with Crippen molar-refractivity contribution < 1.29 is 4.74 Å². The summed E-state index contributed by atoms with van der Waals surface area (Å²) in [6, 6.07) is 4.02. The molecule has 0 amide bonds. The molecule has 1 aliphatic rings. The largest absolute Gasteiger partial charge is 0.493 e. The fourth-order valence-electron chi connectivity index (χ4n) is 2.61. The van der Waals surface area contributed by atoms with E-state index in [-0.39, 0.29) is 5.41 Å². The normalized spacial score (nSPS) is 14.6. The van der Waals surface area contributed by atoms with E-state index >= 15 is 0 Å². The fourth-order valence-corrected chi connectivity index (χ4v) is 2.87. The van der Waals surface area contributed by atoms with Crippen molar-refractivity contribution in [3.05, 3.63) is 28.3 Å². The molecule has 19 heavy (non-hydrogen) atoms. The maximum Gasteiger partial charge on any atom is 0.127 e. The molecule has 0 bridgehead atoms. The predicted molar refractivity (Wildman–Crippen MR) is 79.8 cm³/mol. The van der Waals surface area contributed by atoms with Crippen molar-refractivity contribution in [1.29, 1.82) is 0 Å². The lowest BCUT2D eigenvalue weighted by atomic mass is 9.93. The van der Waals surface area contributed by atoms with Crippen LogP contribution in [0.5, 0.6) is 5.75 Å². The summed E-state index contributed by atoms with van der Waals surface area (Å²) in [5.41, 5.74) is 8.32. The molecule has 1 aromatic carbocycles. The quantitative estimate of drug-likeness (QED) is 0.902. The van der Waals surface area contributed by atoms with Gasteiger partial charge < -0.3 is 15.4 Å². The summed E-state index contributed by atoms with van der Waals surface area (Å²) in [4.78, 5) is 2.28. The summed E-state index contributed by atoms with van der Waals surface area (Å²) in [7, 11) is 2.11. The lowest BCUT2D eigenvalue weighted by molar-refractivity contribution is 0.207. The summed E-state index contributed by atoms with van der Waals surface area (Å²) in [5.74, 6) is 1.03. The van der Waals surface area contributed by atoms with Gasteiger partial charge in [-0.25, -0.2) is 0 Å². The highest BCUT2D eigenvalue weighted by molar-refractivity contribution is 6.30. The monoisotopic (exact) mass is 282 g/mol. The average Bonchev–Trinajstić information content (AvgIpc) is 2.76. The summed E-state index contributed by atoms with van der Waals surface area (Å²) >= 11 is 6.18. The van der Waals surface area contributed by atoms with Gasteiger partial charge in [-0.2, -0.15) is 0 Å². The van der Waals surface area contributed by atoms with Crippen LogP contribution >= 0.6 is 11.6 Å². The number of hydrogen-bond donors (Lipinski definition) is 1. The highest BCUT2D eigenvalue weighted by Crippen LogP contribution is 2.33. The molecule has 0 fully saturated rings. The van der Waals surface area contributed by atoms with Gasteiger partial charge in [-0.15, -0.1) is 0 Å². The zero-order valence-corrected chi connectivity index (χ0v) is 12.8. The van der Waals surface area contributed by atoms with E-state index in [0.29, 0.717) is 6.54 Å². The molecular weight excluding hydrogens is 260 g/mol. The lowest BCUT2D eigenvalue weighted by Crippen LogP contribution is -2.36. The molecule has 0 atom stereocenters. The van der Waals surface area contributed by atoms with Crippen LogP contribution in [-0.4, -0.2) is 31.6 Å². The summed E-state index contributed by atoms with van der Waals surface area (Å²) in [5, 5.41) is 0.797. The van der Waals surface area contributed by atoms with Crippen LogP contribution in [0.2, 0.25) is 5.02 Å². The van der Waals surface area contributed by atoms with E-state index in [2.05, 4.69) is 25.8 Å². The molecule has 106 valence electrons. The van der Waals surface area contributed by atoms with Crippen molar-refractivity contribution in [3.63, 3.8) is 0 Å². The van der Waals surface area contributed by atoms with Crippen molar-refractivity contribution in [2.45, 2.75) is 26.8 Å². The van der Waals surface area contributed by atoms with Gasteiger partial charge >= 0.3 is 0 Å². The maximum atomic E-state index is 6.18. The van der Waals surface area contributed by atoms with E-state index in [0.717, 1.165) is 36.9 Å². The first kappa shape index (κ1) is 14.6. The molecule has 1 heterocycles. The standard InChI is InChI=1S/C15H23ClN2O/c1-15(2,9-17)10-18(3)8-12-7-13(16)6-11-4-5-19-14(11)12/h6-7H,4-5,8-10,17H2,1-3H3. The second kappa shape index (κ2) is 5.70. The number of fused-ring (bicyclic) bond motifs is 1. The maximum absolute atomic E-state index is 6.18. The Morgan fingerprint density at radius 2 is 2.16 bits per heavy atom. The number of nitrogens with zero attached hydrogens (tertiary/aromatic N) is 1. The third-order valence-corrected chi connectivity index (χ3v) is 3.73. The number of benzene rings is 1. The molecule has 0 saturated heterocycles. The van der Waals surface area contributed by atoms with Gasteiger partial charge in [0.1, 0.15) is 5.75 Å². The molecule has 4 heteroatoms. The number of nitrogens with two attached hydrogens (primary N) is 1. The van der Waals surface area contributed by atoms with Gasteiger partial charge in [0.2, 0.25) is 0 Å². The highest BCUT2D eigenvalue weighted by Gasteiger charge is 2.21. The first-order valence-electron chi connectivity index (χ1n) is 6.74. The molecule has 0 aromatic heterocycles. The van der Waals surface area contributed by atoms with Crippen molar-refractivity contribution in [2.75, 3.05) is 26.7 Å². The van der Waals surface area contributed by atoms with E-state index in [1.807, 2.05) is 12.1 Å². The fraction of sp³-hybridized carbons (Fsp3) is 0.600. The van der Waals surface area contributed by atoms with Crippen molar-refractivity contribution >= 4 is 11.6 Å². The van der Waals surface area contributed by atoms with Gasteiger partial charge in [0.15, 0.2) is 0 Å². The van der Waals surface area contributed by atoms with Crippen LogP contribution in [-0.2, 0) is 13.0 Å². The average molecular weight is 283 g/mol. The minimum atomic E-state index is 0.122. The van der Waals surface area contributed by atoms with Gasteiger partial charge in [0.25, 0.3) is 0 Å². The third kappa shape index (κ3) is 3.62. The van der Waals surface area contributed by atoms with Crippen LogP contribution in [0, 0.1) is 5.41 Å². The SMILES string of the molecule is CN(Cc1cc(Cl)cc2c1OCC2)CC(C)(C)CN. The minimum absolute atomic E-state index is 0.122. The molecule has 2 N–H and O–H groups in total. The Kier molecular flexibility index (Phi) is 4.39. The van der Waals surface area contributed by atoms with Crippen LogP contribution < -0.4 is 10.5 Å². The Hall–Kier alpha value is -0.770. The lowest BCUT2D eigenvalue weighted by Gasteiger charge is -2.29. The molecule has 2 rings (SSSR count). The molecule has 3 nitrogen and oxygen atoms in total. The van der Waals surface area contributed by atoms with Crippen LogP contribution in [0.4, 0.5) is 0 Å². The van der Waals surface area contributed by atoms with Crippen LogP contribution in [0.25, 0.3) is 0 Å². The zero-order valence-electron chi connectivity index (χ0n) is 12.0. The molecule has 1 aromatic rings. The molecule has 1 aliphatic heterocycles. The smallest absolute Gasteiger partial charge is 0.127 e. The summed E-state index contributed by atoms with van der Waals surface area (Å²) < 4.78 is 5.73. The molecule has 0 aliphatic carbocycles. The Bertz CT molecular complexity index is 460. The van der Waals surface area contributed by atoms with Crippen LogP contribution in [0.3, 0.4) is 0 Å². The van der Waals surface area contributed by atoms with Gasteiger partial charge in [-0.1, -0.05) is 25.4 Å². The van der Waals surface area contributed by atoms with E-state index in [1.165, 1.54) is 11.1 Å². The summed E-state index contributed by atoms with van der Waals surface area (Å²) in [6.45, 7) is 7.60. The number of hydrogen-bond acceptors (Lipinski definition) is 3. The predicted octanol–water partition coefficient (Wildman–Crippen LogP) is 2.69. The minimum Gasteiger partial charge on any atom is -0.493 e. The zero-order chi connectivity index (χ0) is 14.0. The molecule has 0 spiro atoms. The van der Waals surface area contributed by atoms with E-state index in [9.17, 15) is 0 Å². The van der Waals surface area contributed by atoms with Crippen LogP contribution in [0.15, 0.2) is 12.1 Å². The van der Waals surface area contributed by atoms with Gasteiger partial charge in [-0.05, 0) is 36.7 Å². The van der Waals surface area contributed by atoms with E-state index < -0.39 is 0 Å².